The number of aromatic amines is 2. The first-order chi connectivity index (χ1) is 10.6. The van der Waals surface area contributed by atoms with E-state index in [1.165, 1.54) is 11.8 Å². The predicted octanol–water partition coefficient (Wildman–Crippen LogP) is -1.28. The third-order valence-corrected chi connectivity index (χ3v) is 5.41. The molecule has 0 fully saturated rings. The number of hydrogen-bond donors (Lipinski definition) is 5. The normalized spacial score (nSPS) is 30.5. The maximum Gasteiger partial charge on any atom is 0.274 e. The van der Waals surface area contributed by atoms with E-state index in [0.29, 0.717) is 10.7 Å². The van der Waals surface area contributed by atoms with Gasteiger partial charge in [0.1, 0.15) is 10.8 Å². The highest BCUT2D eigenvalue weighted by Gasteiger charge is 2.53. The maximum absolute atomic E-state index is 11.7. The van der Waals surface area contributed by atoms with Crippen LogP contribution in [0, 0.1) is 5.92 Å². The molecule has 22 heavy (non-hydrogen) atoms. The first kappa shape index (κ1) is 15.0. The van der Waals surface area contributed by atoms with Crippen molar-refractivity contribution in [2.45, 2.75) is 17.5 Å². The number of thioether (sulfide) groups is 1. The third-order valence-electron chi connectivity index (χ3n) is 4.27. The molecule has 2 aliphatic heterocycles. The standard InChI is InChI=1S/C14H19N5O2S/c1-9(8-20)13(5-3-4-6-15-13)14(22-2)16-7-10-11(17-14)18-19-12(10)21/h3-7,9,15-16,20H,8H2,1-2H3,(H,17,18)(H,19,21). The molecule has 0 amide bonds. The molecule has 1 aromatic rings. The maximum atomic E-state index is 11.7. The molecule has 0 radical (unpaired) electrons. The lowest BCUT2D eigenvalue weighted by atomic mass is 9.80. The van der Waals surface area contributed by atoms with Crippen LogP contribution in [-0.4, -0.2) is 38.7 Å². The van der Waals surface area contributed by atoms with E-state index in [0.717, 1.165) is 0 Å². The number of dihydropyridines is 1. The molecule has 118 valence electrons. The van der Waals surface area contributed by atoms with Crippen LogP contribution in [0.3, 0.4) is 0 Å². The van der Waals surface area contributed by atoms with E-state index in [1.807, 2.05) is 37.6 Å². The monoisotopic (exact) mass is 321 g/mol. The van der Waals surface area contributed by atoms with Gasteiger partial charge in [-0.25, -0.2) is 4.99 Å². The largest absolute Gasteiger partial charge is 0.396 e. The summed E-state index contributed by atoms with van der Waals surface area (Å²) < 4.78 is 0. The zero-order chi connectivity index (χ0) is 15.8. The number of aliphatic hydroxyl groups excluding tert-OH is 1. The summed E-state index contributed by atoms with van der Waals surface area (Å²) in [6, 6.07) is 0. The molecule has 3 atom stereocenters. The summed E-state index contributed by atoms with van der Waals surface area (Å²) in [5.74, 6) is -0.113. The molecular formula is C14H19N5O2S. The quantitative estimate of drug-likeness (QED) is 0.475. The van der Waals surface area contributed by atoms with Gasteiger partial charge in [-0.1, -0.05) is 19.1 Å². The van der Waals surface area contributed by atoms with E-state index < -0.39 is 10.5 Å². The summed E-state index contributed by atoms with van der Waals surface area (Å²) in [7, 11) is 0. The van der Waals surface area contributed by atoms with E-state index in [4.69, 9.17) is 4.99 Å². The molecule has 0 bridgehead atoms. The van der Waals surface area contributed by atoms with Crippen LogP contribution in [0.5, 0.6) is 0 Å². The molecule has 0 saturated carbocycles. The van der Waals surface area contributed by atoms with Crippen LogP contribution >= 0.6 is 11.8 Å². The minimum absolute atomic E-state index is 0.00119. The summed E-state index contributed by atoms with van der Waals surface area (Å²) in [5.41, 5.74) is -0.345. The van der Waals surface area contributed by atoms with Gasteiger partial charge in [0.2, 0.25) is 4.99 Å². The molecule has 3 rings (SSSR count). The molecule has 7 nitrogen and oxygen atoms in total. The van der Waals surface area contributed by atoms with Gasteiger partial charge in [0.25, 0.3) is 5.56 Å². The van der Waals surface area contributed by atoms with E-state index in [-0.39, 0.29) is 18.1 Å². The van der Waals surface area contributed by atoms with Gasteiger partial charge in [0.15, 0.2) is 5.49 Å². The fraction of sp³-hybridized carbons (Fsp3) is 0.429. The van der Waals surface area contributed by atoms with E-state index in [2.05, 4.69) is 20.8 Å². The number of nitrogens with zero attached hydrogens (tertiary/aromatic N) is 1. The van der Waals surface area contributed by atoms with Crippen molar-refractivity contribution in [3.63, 3.8) is 0 Å². The van der Waals surface area contributed by atoms with Gasteiger partial charge in [-0.2, -0.15) is 0 Å². The van der Waals surface area contributed by atoms with Crippen molar-refractivity contribution in [1.82, 2.24) is 20.8 Å². The molecule has 1 aromatic heterocycles. The minimum atomic E-state index is -0.797. The van der Waals surface area contributed by atoms with Crippen LogP contribution in [0.4, 0.5) is 0 Å². The highest BCUT2D eigenvalue weighted by Crippen LogP contribution is 2.41. The molecule has 0 aromatic carbocycles. The summed E-state index contributed by atoms with van der Waals surface area (Å²) >= 11 is 1.51. The minimum Gasteiger partial charge on any atom is -0.396 e. The Kier molecular flexibility index (Phi) is 3.65. The lowest BCUT2D eigenvalue weighted by molar-refractivity contribution is 0.137. The number of fused-ring (bicyclic) bond motifs is 1. The molecule has 2 aliphatic rings. The Morgan fingerprint density at radius 3 is 2.82 bits per heavy atom. The number of H-pyrrole nitrogens is 2. The first-order valence-electron chi connectivity index (χ1n) is 7.01. The molecular weight excluding hydrogens is 302 g/mol. The summed E-state index contributed by atoms with van der Waals surface area (Å²) in [6.45, 7) is 1.96. The van der Waals surface area contributed by atoms with Crippen molar-refractivity contribution in [3.05, 3.63) is 45.5 Å². The highest BCUT2D eigenvalue weighted by molar-refractivity contribution is 8.00. The predicted molar refractivity (Wildman–Crippen MR) is 86.4 cm³/mol. The zero-order valence-electron chi connectivity index (χ0n) is 12.4. The number of aromatic nitrogens is 2. The summed E-state index contributed by atoms with van der Waals surface area (Å²) in [6.07, 6.45) is 11.3. The topological polar surface area (TPSA) is 105 Å². The van der Waals surface area contributed by atoms with Gasteiger partial charge in [-0.05, 0) is 18.5 Å². The molecule has 0 spiro atoms. The molecule has 3 unspecified atom stereocenters. The second-order valence-electron chi connectivity index (χ2n) is 5.41. The summed E-state index contributed by atoms with van der Waals surface area (Å²) in [5, 5.41) is 22.2. The van der Waals surface area contributed by atoms with Crippen molar-refractivity contribution in [2.24, 2.45) is 10.9 Å². The van der Waals surface area contributed by atoms with Crippen molar-refractivity contribution < 1.29 is 5.11 Å². The number of nitrogens with one attached hydrogen (secondary N) is 4. The van der Waals surface area contributed by atoms with E-state index >= 15 is 0 Å². The van der Waals surface area contributed by atoms with Gasteiger partial charge in [-0.3, -0.25) is 15.0 Å². The third kappa shape index (κ3) is 1.94. The molecule has 3 heterocycles. The van der Waals surface area contributed by atoms with Gasteiger partial charge in [-0.15, -0.1) is 11.8 Å². The van der Waals surface area contributed by atoms with Gasteiger partial charge in [0.05, 0.1) is 0 Å². The van der Waals surface area contributed by atoms with Crippen molar-refractivity contribution in [2.75, 3.05) is 12.9 Å². The first-order valence-corrected chi connectivity index (χ1v) is 8.23. The number of hydrogen-bond acceptors (Lipinski definition) is 6. The average molecular weight is 321 g/mol. The number of aliphatic hydroxyl groups is 1. The Morgan fingerprint density at radius 1 is 1.36 bits per heavy atom. The van der Waals surface area contributed by atoms with Crippen molar-refractivity contribution in [1.29, 1.82) is 0 Å². The molecule has 0 aliphatic carbocycles. The average Bonchev–Trinajstić information content (AvgIpc) is 2.94. The van der Waals surface area contributed by atoms with Crippen LogP contribution < -0.4 is 26.9 Å². The van der Waals surface area contributed by atoms with Crippen LogP contribution in [0.1, 0.15) is 6.92 Å². The second-order valence-corrected chi connectivity index (χ2v) is 6.40. The van der Waals surface area contributed by atoms with E-state index in [9.17, 15) is 9.90 Å². The van der Waals surface area contributed by atoms with Gasteiger partial charge < -0.3 is 15.7 Å². The van der Waals surface area contributed by atoms with E-state index in [1.54, 1.807) is 6.20 Å². The van der Waals surface area contributed by atoms with Gasteiger partial charge >= 0.3 is 0 Å². The van der Waals surface area contributed by atoms with Crippen LogP contribution in [0.15, 0.2) is 34.2 Å². The lowest BCUT2D eigenvalue weighted by Gasteiger charge is -2.50. The molecule has 0 saturated heterocycles. The lowest BCUT2D eigenvalue weighted by Crippen LogP contribution is -2.70. The Hall–Kier alpha value is -1.93. The smallest absolute Gasteiger partial charge is 0.274 e. The Morgan fingerprint density at radius 2 is 2.18 bits per heavy atom. The zero-order valence-corrected chi connectivity index (χ0v) is 13.2. The Balaban J connectivity index is 2.21. The molecule has 8 heteroatoms. The second kappa shape index (κ2) is 5.36. The number of rotatable bonds is 4. The SMILES string of the molecule is CSC1(C2(C(C)CO)C=CC=CN2)N=c2[nH][nH]c(=O)c2=CN1. The Labute approximate surface area is 131 Å². The van der Waals surface area contributed by atoms with Crippen LogP contribution in [0.2, 0.25) is 0 Å². The van der Waals surface area contributed by atoms with Crippen molar-refractivity contribution >= 4 is 18.0 Å². The van der Waals surface area contributed by atoms with Crippen molar-refractivity contribution in [3.8, 4) is 0 Å². The molecule has 5 N–H and O–H groups in total. The number of allylic oxidation sites excluding steroid dienone is 2. The fourth-order valence-corrected chi connectivity index (χ4v) is 3.94. The summed E-state index contributed by atoms with van der Waals surface area (Å²) in [4.78, 5) is 15.7. The van der Waals surface area contributed by atoms with Gasteiger partial charge in [0, 0.05) is 18.7 Å². The van der Waals surface area contributed by atoms with Crippen LogP contribution in [0.25, 0.3) is 6.20 Å². The fourth-order valence-electron chi connectivity index (χ4n) is 2.92. The Bertz CT molecular complexity index is 795. The van der Waals surface area contributed by atoms with Crippen LogP contribution in [-0.2, 0) is 0 Å². The highest BCUT2D eigenvalue weighted by atomic mass is 32.2.